The van der Waals surface area contributed by atoms with Crippen LogP contribution in [0.2, 0.25) is 5.02 Å². The molecule has 0 radical (unpaired) electrons. The van der Waals surface area contributed by atoms with Crippen molar-refractivity contribution in [2.75, 3.05) is 0 Å². The summed E-state index contributed by atoms with van der Waals surface area (Å²) in [6, 6.07) is 5.48. The Hall–Kier alpha value is -1.33. The third-order valence-corrected chi connectivity index (χ3v) is 3.20. The predicted octanol–water partition coefficient (Wildman–Crippen LogP) is 2.88. The molecule has 88 valence electrons. The highest BCUT2D eigenvalue weighted by atomic mass is 79.9. The minimum atomic E-state index is -0.00873. The van der Waals surface area contributed by atoms with Gasteiger partial charge in [-0.1, -0.05) is 27.5 Å². The summed E-state index contributed by atoms with van der Waals surface area (Å²) < 4.78 is 2.49. The fourth-order valence-electron chi connectivity index (χ4n) is 1.49. The van der Waals surface area contributed by atoms with Crippen LogP contribution in [0, 0.1) is 12.3 Å². The lowest BCUT2D eigenvalue weighted by Gasteiger charge is -2.08. The summed E-state index contributed by atoms with van der Waals surface area (Å²) in [5.41, 5.74) is 7.64. The Morgan fingerprint density at radius 3 is 2.76 bits per heavy atom. The first kappa shape index (κ1) is 12.1. The summed E-state index contributed by atoms with van der Waals surface area (Å²) in [6.45, 7) is 1.82. The van der Waals surface area contributed by atoms with Crippen molar-refractivity contribution in [2.24, 2.45) is 5.73 Å². The highest BCUT2D eigenvalue weighted by molar-refractivity contribution is 9.10. The lowest BCUT2D eigenvalue weighted by molar-refractivity contribution is 0.860. The minimum Gasteiger partial charge on any atom is -0.384 e. The zero-order valence-corrected chi connectivity index (χ0v) is 11.4. The Balaban J connectivity index is 2.62. The quantitative estimate of drug-likeness (QED) is 0.661. The molecule has 2 aromatic rings. The number of amidine groups is 1. The number of nitrogens with zero attached hydrogens (tertiary/aromatic N) is 2. The first-order valence-electron chi connectivity index (χ1n) is 4.85. The summed E-state index contributed by atoms with van der Waals surface area (Å²) in [4.78, 5) is 0. The van der Waals surface area contributed by atoms with Gasteiger partial charge in [-0.05, 0) is 25.1 Å². The van der Waals surface area contributed by atoms with E-state index in [1.807, 2.05) is 19.1 Å². The van der Waals surface area contributed by atoms with Crippen molar-refractivity contribution < 1.29 is 0 Å². The van der Waals surface area contributed by atoms with Gasteiger partial charge in [-0.15, -0.1) is 0 Å². The standard InChI is InChI=1S/C11H10BrClN4/c1-6-9(13)5-17(16-6)10-3-2-7(12)4-8(10)11(14)15/h2-5H,1H3,(H3,14,15). The highest BCUT2D eigenvalue weighted by Crippen LogP contribution is 2.22. The summed E-state index contributed by atoms with van der Waals surface area (Å²) in [6.07, 6.45) is 1.70. The molecule has 0 atom stereocenters. The molecule has 6 heteroatoms. The molecule has 4 nitrogen and oxygen atoms in total. The third kappa shape index (κ3) is 2.35. The summed E-state index contributed by atoms with van der Waals surface area (Å²) in [7, 11) is 0. The average molecular weight is 314 g/mol. The van der Waals surface area contributed by atoms with Crippen molar-refractivity contribution >= 4 is 33.4 Å². The van der Waals surface area contributed by atoms with Gasteiger partial charge in [-0.3, -0.25) is 5.41 Å². The number of hydrogen-bond acceptors (Lipinski definition) is 2. The van der Waals surface area contributed by atoms with E-state index >= 15 is 0 Å². The van der Waals surface area contributed by atoms with Gasteiger partial charge >= 0.3 is 0 Å². The Labute approximate surface area is 112 Å². The molecule has 0 saturated heterocycles. The van der Waals surface area contributed by atoms with Crippen LogP contribution in [-0.4, -0.2) is 15.6 Å². The van der Waals surface area contributed by atoms with E-state index in [0.717, 1.165) is 15.9 Å². The third-order valence-electron chi connectivity index (χ3n) is 2.33. The first-order valence-corrected chi connectivity index (χ1v) is 6.02. The molecule has 0 spiro atoms. The second kappa shape index (κ2) is 4.50. The smallest absolute Gasteiger partial charge is 0.125 e. The molecule has 2 rings (SSSR count). The number of benzene rings is 1. The van der Waals surface area contributed by atoms with Gasteiger partial charge in [0.15, 0.2) is 0 Å². The van der Waals surface area contributed by atoms with E-state index in [0.29, 0.717) is 10.6 Å². The van der Waals surface area contributed by atoms with Crippen LogP contribution in [0.4, 0.5) is 0 Å². The monoisotopic (exact) mass is 312 g/mol. The van der Waals surface area contributed by atoms with Gasteiger partial charge in [0.1, 0.15) is 5.84 Å². The highest BCUT2D eigenvalue weighted by Gasteiger charge is 2.10. The molecular weight excluding hydrogens is 304 g/mol. The zero-order valence-electron chi connectivity index (χ0n) is 9.04. The SMILES string of the molecule is Cc1nn(-c2ccc(Br)cc2C(=N)N)cc1Cl. The number of aryl methyl sites for hydroxylation is 1. The molecule has 1 heterocycles. The second-order valence-electron chi connectivity index (χ2n) is 3.58. The number of nitrogens with two attached hydrogens (primary N) is 1. The molecule has 1 aromatic carbocycles. The van der Waals surface area contributed by atoms with Gasteiger partial charge in [0, 0.05) is 16.2 Å². The average Bonchev–Trinajstić information content (AvgIpc) is 2.59. The van der Waals surface area contributed by atoms with Crippen molar-refractivity contribution in [1.82, 2.24) is 9.78 Å². The Bertz CT molecular complexity index is 572. The Morgan fingerprint density at radius 2 is 2.24 bits per heavy atom. The number of nitrogens with one attached hydrogen (secondary N) is 1. The summed E-state index contributed by atoms with van der Waals surface area (Å²) >= 11 is 9.31. The van der Waals surface area contributed by atoms with Crippen molar-refractivity contribution in [2.45, 2.75) is 6.92 Å². The number of halogens is 2. The van der Waals surface area contributed by atoms with Crippen LogP contribution in [-0.2, 0) is 0 Å². The second-order valence-corrected chi connectivity index (χ2v) is 4.91. The summed E-state index contributed by atoms with van der Waals surface area (Å²) in [5.74, 6) is -0.00873. The molecule has 0 unspecified atom stereocenters. The van der Waals surface area contributed by atoms with Crippen LogP contribution >= 0.6 is 27.5 Å². The first-order chi connectivity index (χ1) is 7.99. The number of rotatable bonds is 2. The maximum Gasteiger partial charge on any atom is 0.125 e. The topological polar surface area (TPSA) is 67.7 Å². The van der Waals surface area contributed by atoms with Gasteiger partial charge in [0.2, 0.25) is 0 Å². The van der Waals surface area contributed by atoms with Gasteiger partial charge in [-0.2, -0.15) is 5.10 Å². The molecule has 0 amide bonds. The van der Waals surface area contributed by atoms with E-state index in [1.165, 1.54) is 0 Å². The Morgan fingerprint density at radius 1 is 1.53 bits per heavy atom. The van der Waals surface area contributed by atoms with Crippen LogP contribution in [0.1, 0.15) is 11.3 Å². The number of nitrogen functional groups attached to an aromatic ring is 1. The molecule has 17 heavy (non-hydrogen) atoms. The van der Waals surface area contributed by atoms with Crippen LogP contribution in [0.3, 0.4) is 0 Å². The molecule has 0 fully saturated rings. The molecule has 0 bridgehead atoms. The predicted molar refractivity (Wildman–Crippen MR) is 72.0 cm³/mol. The van der Waals surface area contributed by atoms with Crippen LogP contribution in [0.15, 0.2) is 28.9 Å². The fraction of sp³-hybridized carbons (Fsp3) is 0.0909. The van der Waals surface area contributed by atoms with Gasteiger partial charge in [0.25, 0.3) is 0 Å². The molecule has 0 saturated carbocycles. The van der Waals surface area contributed by atoms with Gasteiger partial charge < -0.3 is 5.73 Å². The van der Waals surface area contributed by atoms with Crippen LogP contribution < -0.4 is 5.73 Å². The lowest BCUT2D eigenvalue weighted by Crippen LogP contribution is -2.15. The van der Waals surface area contributed by atoms with Gasteiger partial charge in [0.05, 0.1) is 16.4 Å². The van der Waals surface area contributed by atoms with Gasteiger partial charge in [-0.25, -0.2) is 4.68 Å². The largest absolute Gasteiger partial charge is 0.384 e. The van der Waals surface area contributed by atoms with E-state index in [-0.39, 0.29) is 5.84 Å². The van der Waals surface area contributed by atoms with E-state index in [1.54, 1.807) is 16.9 Å². The fourth-order valence-corrected chi connectivity index (χ4v) is 1.98. The van der Waals surface area contributed by atoms with Crippen LogP contribution in [0.5, 0.6) is 0 Å². The number of hydrogen-bond donors (Lipinski definition) is 2. The van der Waals surface area contributed by atoms with E-state index < -0.39 is 0 Å². The van der Waals surface area contributed by atoms with E-state index in [2.05, 4.69) is 21.0 Å². The molecular formula is C11H10BrClN4. The normalized spacial score (nSPS) is 10.5. The number of aromatic nitrogens is 2. The molecule has 0 aliphatic rings. The van der Waals surface area contributed by atoms with E-state index in [4.69, 9.17) is 22.7 Å². The van der Waals surface area contributed by atoms with Crippen molar-refractivity contribution in [3.05, 3.63) is 45.1 Å². The Kier molecular flexibility index (Phi) is 3.22. The maximum atomic E-state index is 7.57. The van der Waals surface area contributed by atoms with Crippen molar-refractivity contribution in [1.29, 1.82) is 5.41 Å². The van der Waals surface area contributed by atoms with Crippen LogP contribution in [0.25, 0.3) is 5.69 Å². The van der Waals surface area contributed by atoms with E-state index in [9.17, 15) is 0 Å². The molecule has 3 N–H and O–H groups in total. The zero-order chi connectivity index (χ0) is 12.6. The minimum absolute atomic E-state index is 0.00873. The molecule has 0 aliphatic carbocycles. The van der Waals surface area contributed by atoms with Crippen molar-refractivity contribution in [3.8, 4) is 5.69 Å². The maximum absolute atomic E-state index is 7.57. The summed E-state index contributed by atoms with van der Waals surface area (Å²) in [5, 5.41) is 12.4. The molecule has 0 aliphatic heterocycles. The lowest BCUT2D eigenvalue weighted by atomic mass is 10.1. The molecule has 1 aromatic heterocycles. The van der Waals surface area contributed by atoms with Crippen molar-refractivity contribution in [3.63, 3.8) is 0 Å².